The number of amides is 2. The van der Waals surface area contributed by atoms with Gasteiger partial charge in [0.05, 0.1) is 18.2 Å². The molecular weight excluding hydrogens is 276 g/mol. The van der Waals surface area contributed by atoms with Crippen molar-refractivity contribution in [1.82, 2.24) is 4.90 Å². The van der Waals surface area contributed by atoms with Gasteiger partial charge in [-0.15, -0.1) is 0 Å². The van der Waals surface area contributed by atoms with Gasteiger partial charge >= 0.3 is 0 Å². The molecule has 0 aliphatic carbocycles. The largest absolute Gasteiger partial charge is 0.289 e. The van der Waals surface area contributed by atoms with Crippen LogP contribution in [0.4, 0.5) is 5.69 Å². The van der Waals surface area contributed by atoms with E-state index in [4.69, 9.17) is 0 Å². The topological polar surface area (TPSA) is 40.6 Å². The Balaban J connectivity index is 1.83. The highest BCUT2D eigenvalue weighted by molar-refractivity contribution is 6.22. The zero-order valence-electron chi connectivity index (χ0n) is 13.4. The third-order valence-corrected chi connectivity index (χ3v) is 4.96. The van der Waals surface area contributed by atoms with Crippen LogP contribution in [0.1, 0.15) is 44.6 Å². The van der Waals surface area contributed by atoms with Crippen LogP contribution in [0.2, 0.25) is 0 Å². The lowest BCUT2D eigenvalue weighted by Gasteiger charge is -2.38. The minimum absolute atomic E-state index is 0.0470. The first-order valence-electron chi connectivity index (χ1n) is 8.31. The number of nitrogens with zero attached hydrogens (tertiary/aromatic N) is 2. The zero-order valence-corrected chi connectivity index (χ0v) is 13.4. The van der Waals surface area contributed by atoms with Crippen LogP contribution in [0, 0.1) is 6.92 Å². The van der Waals surface area contributed by atoms with Crippen LogP contribution in [-0.4, -0.2) is 35.3 Å². The molecule has 2 amide bonds. The second-order valence-corrected chi connectivity index (χ2v) is 6.42. The number of rotatable bonds is 3. The Morgan fingerprint density at radius 3 is 2.55 bits per heavy atom. The van der Waals surface area contributed by atoms with E-state index in [-0.39, 0.29) is 17.9 Å². The Morgan fingerprint density at radius 2 is 1.86 bits per heavy atom. The predicted molar refractivity (Wildman–Crippen MR) is 86.7 cm³/mol. The maximum atomic E-state index is 12.8. The van der Waals surface area contributed by atoms with Crippen molar-refractivity contribution in [2.75, 3.05) is 11.4 Å². The van der Waals surface area contributed by atoms with Gasteiger partial charge in [0, 0.05) is 6.04 Å². The van der Waals surface area contributed by atoms with Gasteiger partial charge in [0.1, 0.15) is 0 Å². The summed E-state index contributed by atoms with van der Waals surface area (Å²) in [6, 6.07) is 7.78. The highest BCUT2D eigenvalue weighted by Crippen LogP contribution is 2.30. The fourth-order valence-corrected chi connectivity index (χ4v) is 3.71. The van der Waals surface area contributed by atoms with Gasteiger partial charge in [0.2, 0.25) is 5.91 Å². The molecule has 2 heterocycles. The van der Waals surface area contributed by atoms with Crippen molar-refractivity contribution in [2.45, 2.75) is 58.0 Å². The summed E-state index contributed by atoms with van der Waals surface area (Å²) < 4.78 is 0. The summed E-state index contributed by atoms with van der Waals surface area (Å²) in [7, 11) is 0. The molecule has 4 nitrogen and oxygen atoms in total. The number of carbonyl (C=O) groups is 2. The van der Waals surface area contributed by atoms with E-state index in [1.165, 1.54) is 11.3 Å². The molecule has 2 aliphatic rings. The van der Waals surface area contributed by atoms with Crippen LogP contribution >= 0.6 is 0 Å². The first kappa shape index (κ1) is 15.2. The lowest BCUT2D eigenvalue weighted by molar-refractivity contribution is -0.123. The fraction of sp³-hybridized carbons (Fsp3) is 0.556. The standard InChI is InChI=1S/C18H24N2O2/c1-3-14-6-4-5-11-19(14)16-12-17(21)20(18(16)22)15-9-7-13(2)8-10-15/h7-10,14,16H,3-6,11-12H2,1-2H3. The Morgan fingerprint density at radius 1 is 1.14 bits per heavy atom. The lowest BCUT2D eigenvalue weighted by Crippen LogP contribution is -2.49. The molecule has 1 aromatic rings. The summed E-state index contributed by atoms with van der Waals surface area (Å²) in [5.74, 6) is -0.117. The SMILES string of the molecule is CCC1CCCCN1C1CC(=O)N(c2ccc(C)cc2)C1=O. The van der Waals surface area contributed by atoms with Gasteiger partial charge in [-0.1, -0.05) is 31.0 Å². The molecular formula is C18H24N2O2. The van der Waals surface area contributed by atoms with E-state index in [0.717, 1.165) is 31.4 Å². The molecule has 2 aliphatic heterocycles. The molecule has 0 spiro atoms. The van der Waals surface area contributed by atoms with E-state index in [9.17, 15) is 9.59 Å². The van der Waals surface area contributed by atoms with Gasteiger partial charge in [-0.05, 0) is 44.9 Å². The number of carbonyl (C=O) groups excluding carboxylic acids is 2. The molecule has 4 heteroatoms. The van der Waals surface area contributed by atoms with Crippen molar-refractivity contribution in [1.29, 1.82) is 0 Å². The van der Waals surface area contributed by atoms with E-state index in [0.29, 0.717) is 18.2 Å². The van der Waals surface area contributed by atoms with Gasteiger partial charge in [-0.3, -0.25) is 14.5 Å². The van der Waals surface area contributed by atoms with Crippen LogP contribution in [-0.2, 0) is 9.59 Å². The molecule has 1 aromatic carbocycles. The highest BCUT2D eigenvalue weighted by Gasteiger charge is 2.44. The molecule has 0 bridgehead atoms. The van der Waals surface area contributed by atoms with Crippen molar-refractivity contribution in [3.8, 4) is 0 Å². The summed E-state index contributed by atoms with van der Waals surface area (Å²) in [6.07, 6.45) is 4.86. The Labute approximate surface area is 132 Å². The number of benzene rings is 1. The van der Waals surface area contributed by atoms with E-state index < -0.39 is 0 Å². The zero-order chi connectivity index (χ0) is 15.7. The quantitative estimate of drug-likeness (QED) is 0.806. The second kappa shape index (κ2) is 6.21. The summed E-state index contributed by atoms with van der Waals surface area (Å²) in [4.78, 5) is 28.9. The Hall–Kier alpha value is -1.68. The number of hydrogen-bond acceptors (Lipinski definition) is 3. The smallest absolute Gasteiger partial charge is 0.251 e. The minimum Gasteiger partial charge on any atom is -0.289 e. The Bertz CT molecular complexity index is 567. The van der Waals surface area contributed by atoms with Gasteiger partial charge in [-0.2, -0.15) is 0 Å². The number of anilines is 1. The molecule has 2 unspecified atom stereocenters. The van der Waals surface area contributed by atoms with Crippen molar-refractivity contribution < 1.29 is 9.59 Å². The number of imide groups is 1. The first-order chi connectivity index (χ1) is 10.6. The van der Waals surface area contributed by atoms with E-state index >= 15 is 0 Å². The molecule has 0 N–H and O–H groups in total. The van der Waals surface area contributed by atoms with Crippen molar-refractivity contribution in [2.24, 2.45) is 0 Å². The van der Waals surface area contributed by atoms with E-state index in [2.05, 4.69) is 11.8 Å². The minimum atomic E-state index is -0.265. The summed E-state index contributed by atoms with van der Waals surface area (Å²) in [6.45, 7) is 5.10. The number of hydrogen-bond donors (Lipinski definition) is 0. The van der Waals surface area contributed by atoms with Crippen LogP contribution in [0.15, 0.2) is 24.3 Å². The maximum absolute atomic E-state index is 12.8. The van der Waals surface area contributed by atoms with Crippen LogP contribution in [0.5, 0.6) is 0 Å². The van der Waals surface area contributed by atoms with Crippen molar-refractivity contribution in [3.05, 3.63) is 29.8 Å². The molecule has 0 aromatic heterocycles. The molecule has 0 radical (unpaired) electrons. The Kier molecular flexibility index (Phi) is 4.30. The van der Waals surface area contributed by atoms with Crippen molar-refractivity contribution >= 4 is 17.5 Å². The average molecular weight is 300 g/mol. The molecule has 0 saturated carbocycles. The normalized spacial score (nSPS) is 26.7. The molecule has 118 valence electrons. The predicted octanol–water partition coefficient (Wildman–Crippen LogP) is 2.89. The number of likely N-dealkylation sites (tertiary alicyclic amines) is 1. The van der Waals surface area contributed by atoms with Crippen LogP contribution < -0.4 is 4.90 Å². The molecule has 3 rings (SSSR count). The van der Waals surface area contributed by atoms with Gasteiger partial charge < -0.3 is 0 Å². The first-order valence-corrected chi connectivity index (χ1v) is 8.31. The third kappa shape index (κ3) is 2.68. The van der Waals surface area contributed by atoms with Crippen molar-refractivity contribution in [3.63, 3.8) is 0 Å². The average Bonchev–Trinajstić information content (AvgIpc) is 2.83. The lowest BCUT2D eigenvalue weighted by atomic mass is 9.97. The number of piperidine rings is 1. The van der Waals surface area contributed by atoms with Gasteiger partial charge in [-0.25, -0.2) is 4.90 Å². The summed E-state index contributed by atoms with van der Waals surface area (Å²) in [5, 5.41) is 0. The summed E-state index contributed by atoms with van der Waals surface area (Å²) >= 11 is 0. The van der Waals surface area contributed by atoms with Crippen LogP contribution in [0.3, 0.4) is 0 Å². The van der Waals surface area contributed by atoms with Gasteiger partial charge in [0.15, 0.2) is 0 Å². The molecule has 22 heavy (non-hydrogen) atoms. The fourth-order valence-electron chi connectivity index (χ4n) is 3.71. The third-order valence-electron chi connectivity index (χ3n) is 4.96. The number of aryl methyl sites for hydroxylation is 1. The molecule has 2 fully saturated rings. The maximum Gasteiger partial charge on any atom is 0.251 e. The van der Waals surface area contributed by atoms with Gasteiger partial charge in [0.25, 0.3) is 5.91 Å². The summed E-state index contributed by atoms with van der Waals surface area (Å²) in [5.41, 5.74) is 1.83. The monoisotopic (exact) mass is 300 g/mol. The van der Waals surface area contributed by atoms with E-state index in [1.54, 1.807) is 0 Å². The molecule has 2 atom stereocenters. The van der Waals surface area contributed by atoms with Crippen LogP contribution in [0.25, 0.3) is 0 Å². The second-order valence-electron chi connectivity index (χ2n) is 6.42. The molecule has 2 saturated heterocycles. The van der Waals surface area contributed by atoms with E-state index in [1.807, 2.05) is 31.2 Å². The highest BCUT2D eigenvalue weighted by atomic mass is 16.2.